The molecule has 1 aromatic carbocycles. The summed E-state index contributed by atoms with van der Waals surface area (Å²) in [4.78, 5) is 36.2. The van der Waals surface area contributed by atoms with Crippen molar-refractivity contribution in [2.75, 3.05) is 0 Å². The average Bonchev–Trinajstić information content (AvgIpc) is 2.88. The maximum Gasteiger partial charge on any atom is 0.351 e. The van der Waals surface area contributed by atoms with Crippen molar-refractivity contribution in [2.24, 2.45) is 0 Å². The van der Waals surface area contributed by atoms with Crippen LogP contribution in [0.15, 0.2) is 30.3 Å². The summed E-state index contributed by atoms with van der Waals surface area (Å²) in [6, 6.07) is 9.02. The van der Waals surface area contributed by atoms with Gasteiger partial charge in [-0.15, -0.1) is 0 Å². The molecule has 2 unspecified atom stereocenters. The van der Waals surface area contributed by atoms with E-state index < -0.39 is 29.9 Å². The molecule has 1 aromatic rings. The van der Waals surface area contributed by atoms with E-state index in [1.165, 1.54) is 70.6 Å². The highest BCUT2D eigenvalue weighted by molar-refractivity contribution is 5.89. The van der Waals surface area contributed by atoms with E-state index in [1.54, 1.807) is 12.1 Å². The molecule has 0 aliphatic heterocycles. The normalized spacial score (nSPS) is 12.6. The monoisotopic (exact) mass is 504 g/mol. The number of aliphatic hydroxyl groups is 1. The van der Waals surface area contributed by atoms with Gasteiger partial charge in [0, 0.05) is 6.42 Å². The molecule has 204 valence electrons. The SMILES string of the molecule is CCCCCCCCCCCCCCCCCC(=O)OC(C(=O)OCc1ccccc1)C(O)C(C)=O. The van der Waals surface area contributed by atoms with Crippen LogP contribution in [0.5, 0.6) is 0 Å². The Balaban J connectivity index is 2.14. The minimum absolute atomic E-state index is 0.0304. The molecule has 0 spiro atoms. The predicted molar refractivity (Wildman–Crippen MR) is 142 cm³/mol. The molecular weight excluding hydrogens is 456 g/mol. The van der Waals surface area contributed by atoms with Crippen molar-refractivity contribution in [1.82, 2.24) is 0 Å². The lowest BCUT2D eigenvalue weighted by Gasteiger charge is -2.20. The second kappa shape index (κ2) is 20.9. The van der Waals surface area contributed by atoms with Gasteiger partial charge in [-0.3, -0.25) is 9.59 Å². The van der Waals surface area contributed by atoms with E-state index in [9.17, 15) is 19.5 Å². The number of carbonyl (C=O) groups excluding carboxylic acids is 3. The standard InChI is InChI=1S/C30H48O6/c1-3-4-5-6-7-8-9-10-11-12-13-14-15-16-20-23-27(32)36-29(28(33)25(2)31)30(34)35-24-26-21-18-17-19-22-26/h17-19,21-22,28-29,33H,3-16,20,23-24H2,1-2H3. The molecule has 0 saturated carbocycles. The lowest BCUT2D eigenvalue weighted by molar-refractivity contribution is -0.178. The quantitative estimate of drug-likeness (QED) is 0.137. The van der Waals surface area contributed by atoms with Crippen LogP contribution in [-0.2, 0) is 30.5 Å². The third kappa shape index (κ3) is 15.7. The molecule has 0 fully saturated rings. The first kappa shape index (κ1) is 31.8. The molecule has 0 heterocycles. The number of ether oxygens (including phenoxy) is 2. The van der Waals surface area contributed by atoms with E-state index in [4.69, 9.17) is 9.47 Å². The van der Waals surface area contributed by atoms with E-state index >= 15 is 0 Å². The van der Waals surface area contributed by atoms with Gasteiger partial charge in [-0.2, -0.15) is 0 Å². The van der Waals surface area contributed by atoms with Crippen molar-refractivity contribution in [3.8, 4) is 0 Å². The van der Waals surface area contributed by atoms with Gasteiger partial charge in [-0.05, 0) is 18.9 Å². The molecule has 0 aliphatic rings. The fourth-order valence-corrected chi connectivity index (χ4v) is 4.11. The van der Waals surface area contributed by atoms with Crippen molar-refractivity contribution >= 4 is 17.7 Å². The molecule has 6 heteroatoms. The van der Waals surface area contributed by atoms with Crippen molar-refractivity contribution < 1.29 is 29.0 Å². The van der Waals surface area contributed by atoms with Crippen molar-refractivity contribution in [3.05, 3.63) is 35.9 Å². The van der Waals surface area contributed by atoms with E-state index in [2.05, 4.69) is 6.92 Å². The lowest BCUT2D eigenvalue weighted by Crippen LogP contribution is -2.43. The van der Waals surface area contributed by atoms with E-state index in [0.717, 1.165) is 31.7 Å². The Labute approximate surface area is 218 Å². The Kier molecular flexibility index (Phi) is 18.5. The molecule has 1 rings (SSSR count). The summed E-state index contributed by atoms with van der Waals surface area (Å²) in [5.41, 5.74) is 0.756. The highest BCUT2D eigenvalue weighted by Crippen LogP contribution is 2.15. The molecule has 0 aliphatic carbocycles. The molecule has 0 saturated heterocycles. The van der Waals surface area contributed by atoms with Gasteiger partial charge in [0.25, 0.3) is 0 Å². The van der Waals surface area contributed by atoms with Crippen LogP contribution in [0, 0.1) is 0 Å². The highest BCUT2D eigenvalue weighted by atomic mass is 16.6. The van der Waals surface area contributed by atoms with Crippen LogP contribution in [0.2, 0.25) is 0 Å². The maximum absolute atomic E-state index is 12.4. The van der Waals surface area contributed by atoms with E-state index in [-0.39, 0.29) is 13.0 Å². The van der Waals surface area contributed by atoms with Gasteiger partial charge in [0.1, 0.15) is 6.61 Å². The molecule has 0 amide bonds. The Hall–Kier alpha value is -2.21. The third-order valence-electron chi connectivity index (χ3n) is 6.40. The Morgan fingerprint density at radius 1 is 0.750 bits per heavy atom. The number of Topliss-reactive ketones (excluding diaryl/α,β-unsaturated/α-hetero) is 1. The van der Waals surface area contributed by atoms with Crippen LogP contribution in [0.3, 0.4) is 0 Å². The number of hydrogen-bond acceptors (Lipinski definition) is 6. The van der Waals surface area contributed by atoms with Gasteiger partial charge in [0.05, 0.1) is 0 Å². The number of esters is 2. The zero-order valence-corrected chi connectivity index (χ0v) is 22.6. The summed E-state index contributed by atoms with van der Waals surface area (Å²) in [6.07, 6.45) is 15.2. The number of hydrogen-bond donors (Lipinski definition) is 1. The summed E-state index contributed by atoms with van der Waals surface area (Å²) in [7, 11) is 0. The van der Waals surface area contributed by atoms with Gasteiger partial charge in [0.15, 0.2) is 11.9 Å². The minimum atomic E-state index is -1.74. The Bertz CT molecular complexity index is 717. The Morgan fingerprint density at radius 3 is 1.69 bits per heavy atom. The largest absolute Gasteiger partial charge is 0.458 e. The number of benzene rings is 1. The average molecular weight is 505 g/mol. The molecule has 1 N–H and O–H groups in total. The van der Waals surface area contributed by atoms with Gasteiger partial charge < -0.3 is 14.6 Å². The molecule has 0 aromatic heterocycles. The van der Waals surface area contributed by atoms with Crippen LogP contribution < -0.4 is 0 Å². The first-order chi connectivity index (χ1) is 17.5. The number of ketones is 1. The molecule has 0 radical (unpaired) electrons. The molecule has 2 atom stereocenters. The zero-order valence-electron chi connectivity index (χ0n) is 22.6. The first-order valence-corrected chi connectivity index (χ1v) is 14.0. The summed E-state index contributed by atoms with van der Waals surface area (Å²) < 4.78 is 10.3. The molecule has 6 nitrogen and oxygen atoms in total. The van der Waals surface area contributed by atoms with Gasteiger partial charge >= 0.3 is 11.9 Å². The topological polar surface area (TPSA) is 89.9 Å². The summed E-state index contributed by atoms with van der Waals surface area (Å²) in [6.45, 7) is 3.37. The summed E-state index contributed by atoms with van der Waals surface area (Å²) in [5.74, 6) is -2.19. The number of rotatable bonds is 22. The van der Waals surface area contributed by atoms with Crippen molar-refractivity contribution in [1.29, 1.82) is 0 Å². The van der Waals surface area contributed by atoms with Gasteiger partial charge in [-0.1, -0.05) is 127 Å². The summed E-state index contributed by atoms with van der Waals surface area (Å²) >= 11 is 0. The minimum Gasteiger partial charge on any atom is -0.458 e. The predicted octanol–water partition coefficient (Wildman–Crippen LogP) is 6.85. The maximum atomic E-state index is 12.4. The zero-order chi connectivity index (χ0) is 26.4. The van der Waals surface area contributed by atoms with Crippen LogP contribution in [0.4, 0.5) is 0 Å². The smallest absolute Gasteiger partial charge is 0.351 e. The van der Waals surface area contributed by atoms with E-state index in [1.807, 2.05) is 18.2 Å². The van der Waals surface area contributed by atoms with Crippen LogP contribution in [0.25, 0.3) is 0 Å². The molecular formula is C30H48O6. The van der Waals surface area contributed by atoms with Crippen LogP contribution >= 0.6 is 0 Å². The second-order valence-electron chi connectivity index (χ2n) is 9.76. The number of unbranched alkanes of at least 4 members (excludes halogenated alkanes) is 14. The Morgan fingerprint density at radius 2 is 1.22 bits per heavy atom. The van der Waals surface area contributed by atoms with Crippen molar-refractivity contribution in [3.63, 3.8) is 0 Å². The fourth-order valence-electron chi connectivity index (χ4n) is 4.11. The highest BCUT2D eigenvalue weighted by Gasteiger charge is 2.35. The lowest BCUT2D eigenvalue weighted by atomic mass is 10.0. The summed E-state index contributed by atoms with van der Waals surface area (Å²) in [5, 5.41) is 10.1. The van der Waals surface area contributed by atoms with Crippen LogP contribution in [0.1, 0.15) is 122 Å². The third-order valence-corrected chi connectivity index (χ3v) is 6.40. The van der Waals surface area contributed by atoms with Gasteiger partial charge in [-0.25, -0.2) is 4.79 Å². The fraction of sp³-hybridized carbons (Fsp3) is 0.700. The van der Waals surface area contributed by atoms with Gasteiger partial charge in [0.2, 0.25) is 6.10 Å². The second-order valence-corrected chi connectivity index (χ2v) is 9.76. The molecule has 36 heavy (non-hydrogen) atoms. The number of aliphatic hydroxyl groups excluding tert-OH is 1. The van der Waals surface area contributed by atoms with E-state index in [0.29, 0.717) is 6.42 Å². The number of carbonyl (C=O) groups is 3. The molecule has 0 bridgehead atoms. The van der Waals surface area contributed by atoms with Crippen LogP contribution in [-0.4, -0.2) is 35.0 Å². The first-order valence-electron chi connectivity index (χ1n) is 14.0. The van der Waals surface area contributed by atoms with Crippen molar-refractivity contribution in [2.45, 2.75) is 135 Å².